The molecule has 0 spiro atoms. The number of benzene rings is 1. The van der Waals surface area contributed by atoms with Crippen molar-refractivity contribution in [2.24, 2.45) is 0 Å². The van der Waals surface area contributed by atoms with E-state index in [0.29, 0.717) is 11.5 Å². The number of methoxy groups -OCH3 is 1. The Morgan fingerprint density at radius 2 is 1.96 bits per heavy atom. The Balaban J connectivity index is 1.42. The van der Waals surface area contributed by atoms with Crippen molar-refractivity contribution >= 4 is 5.82 Å². The highest BCUT2D eigenvalue weighted by molar-refractivity contribution is 5.56. The molecule has 0 N–H and O–H groups in total. The number of aryl methyl sites for hydroxylation is 1. The SMILES string of the molecule is COc1cc(-c2nc(CN3CCN(c4ccccn4)CC3)c(C)o2)ccc1F. The summed E-state index contributed by atoms with van der Waals surface area (Å²) in [7, 11) is 1.44. The Hall–Kier alpha value is -2.93. The van der Waals surface area contributed by atoms with Gasteiger partial charge in [-0.25, -0.2) is 14.4 Å². The van der Waals surface area contributed by atoms with Crippen molar-refractivity contribution in [2.45, 2.75) is 13.5 Å². The minimum absolute atomic E-state index is 0.181. The molecule has 3 aromatic rings. The third-order valence-corrected chi connectivity index (χ3v) is 5.01. The summed E-state index contributed by atoms with van der Waals surface area (Å²) in [6.07, 6.45) is 1.83. The van der Waals surface area contributed by atoms with E-state index >= 15 is 0 Å². The molecule has 28 heavy (non-hydrogen) atoms. The second-order valence-electron chi connectivity index (χ2n) is 6.82. The van der Waals surface area contributed by atoms with Gasteiger partial charge in [0.05, 0.1) is 12.8 Å². The van der Waals surface area contributed by atoms with Crippen LogP contribution in [0.5, 0.6) is 5.75 Å². The van der Waals surface area contributed by atoms with Crippen molar-refractivity contribution in [3.05, 3.63) is 59.9 Å². The van der Waals surface area contributed by atoms with Gasteiger partial charge < -0.3 is 14.1 Å². The summed E-state index contributed by atoms with van der Waals surface area (Å²) < 4.78 is 24.5. The molecule has 3 heterocycles. The standard InChI is InChI=1S/C21H23FN4O2/c1-15-18(24-21(28-15)16-6-7-17(22)19(13-16)27-2)14-25-9-11-26(12-10-25)20-5-3-4-8-23-20/h3-8,13H,9-12,14H2,1-2H3. The van der Waals surface area contributed by atoms with Crippen LogP contribution in [0.3, 0.4) is 0 Å². The maximum absolute atomic E-state index is 13.6. The lowest BCUT2D eigenvalue weighted by molar-refractivity contribution is 0.245. The molecule has 0 saturated carbocycles. The number of hydrogen-bond acceptors (Lipinski definition) is 6. The highest BCUT2D eigenvalue weighted by Crippen LogP contribution is 2.28. The lowest BCUT2D eigenvalue weighted by atomic mass is 10.2. The van der Waals surface area contributed by atoms with Gasteiger partial charge in [0.1, 0.15) is 11.6 Å². The molecule has 1 saturated heterocycles. The largest absolute Gasteiger partial charge is 0.494 e. The summed E-state index contributed by atoms with van der Waals surface area (Å²) in [5.41, 5.74) is 1.61. The van der Waals surface area contributed by atoms with Crippen LogP contribution >= 0.6 is 0 Å². The van der Waals surface area contributed by atoms with Gasteiger partial charge in [0.2, 0.25) is 5.89 Å². The molecular weight excluding hydrogens is 359 g/mol. The van der Waals surface area contributed by atoms with E-state index in [1.54, 1.807) is 12.1 Å². The normalized spacial score (nSPS) is 15.0. The molecule has 0 radical (unpaired) electrons. The van der Waals surface area contributed by atoms with Gasteiger partial charge in [0, 0.05) is 44.5 Å². The Labute approximate surface area is 163 Å². The van der Waals surface area contributed by atoms with Crippen LogP contribution in [0.25, 0.3) is 11.5 Å². The fraction of sp³-hybridized carbons (Fsp3) is 0.333. The molecule has 6 nitrogen and oxygen atoms in total. The summed E-state index contributed by atoms with van der Waals surface area (Å²) in [5.74, 6) is 2.07. The predicted octanol–water partition coefficient (Wildman–Crippen LogP) is 3.51. The van der Waals surface area contributed by atoms with E-state index in [1.807, 2.05) is 31.3 Å². The number of anilines is 1. The zero-order valence-corrected chi connectivity index (χ0v) is 16.1. The minimum Gasteiger partial charge on any atom is -0.494 e. The number of halogens is 1. The second-order valence-corrected chi connectivity index (χ2v) is 6.82. The molecule has 146 valence electrons. The molecule has 1 aliphatic heterocycles. The molecule has 2 aromatic heterocycles. The molecule has 1 aliphatic rings. The highest BCUT2D eigenvalue weighted by atomic mass is 19.1. The van der Waals surface area contributed by atoms with Crippen molar-refractivity contribution in [3.8, 4) is 17.2 Å². The molecule has 0 unspecified atom stereocenters. The molecule has 0 amide bonds. The number of piperazine rings is 1. The highest BCUT2D eigenvalue weighted by Gasteiger charge is 2.21. The van der Waals surface area contributed by atoms with Gasteiger partial charge in [0.25, 0.3) is 0 Å². The van der Waals surface area contributed by atoms with Crippen molar-refractivity contribution in [1.29, 1.82) is 0 Å². The topological polar surface area (TPSA) is 54.6 Å². The average Bonchev–Trinajstić information content (AvgIpc) is 3.10. The number of oxazole rings is 1. The van der Waals surface area contributed by atoms with E-state index in [4.69, 9.17) is 9.15 Å². The van der Waals surface area contributed by atoms with E-state index in [2.05, 4.69) is 19.8 Å². The zero-order valence-electron chi connectivity index (χ0n) is 16.1. The fourth-order valence-electron chi connectivity index (χ4n) is 3.38. The van der Waals surface area contributed by atoms with Crippen LogP contribution in [-0.2, 0) is 6.54 Å². The first-order chi connectivity index (χ1) is 13.6. The molecule has 1 fully saturated rings. The average molecular weight is 382 g/mol. The third-order valence-electron chi connectivity index (χ3n) is 5.01. The van der Waals surface area contributed by atoms with E-state index in [-0.39, 0.29) is 5.75 Å². The smallest absolute Gasteiger partial charge is 0.226 e. The van der Waals surface area contributed by atoms with Gasteiger partial charge in [-0.3, -0.25) is 4.90 Å². The Kier molecular flexibility index (Phi) is 5.25. The second kappa shape index (κ2) is 7.98. The van der Waals surface area contributed by atoms with E-state index < -0.39 is 5.82 Å². The molecule has 7 heteroatoms. The van der Waals surface area contributed by atoms with Crippen LogP contribution in [0.4, 0.5) is 10.2 Å². The summed E-state index contributed by atoms with van der Waals surface area (Å²) >= 11 is 0. The van der Waals surface area contributed by atoms with Gasteiger partial charge in [-0.2, -0.15) is 0 Å². The van der Waals surface area contributed by atoms with Crippen LogP contribution in [0.1, 0.15) is 11.5 Å². The van der Waals surface area contributed by atoms with E-state index in [9.17, 15) is 4.39 Å². The fourth-order valence-corrected chi connectivity index (χ4v) is 3.38. The summed E-state index contributed by atoms with van der Waals surface area (Å²) in [5, 5.41) is 0. The number of aromatic nitrogens is 2. The molecule has 1 aromatic carbocycles. The number of pyridine rings is 1. The Morgan fingerprint density at radius 1 is 1.14 bits per heavy atom. The summed E-state index contributed by atoms with van der Waals surface area (Å²) in [6.45, 7) is 6.36. The molecule has 4 rings (SSSR count). The van der Waals surface area contributed by atoms with Crippen LogP contribution in [0, 0.1) is 12.7 Å². The predicted molar refractivity (Wildman–Crippen MR) is 105 cm³/mol. The molecular formula is C21H23FN4O2. The van der Waals surface area contributed by atoms with Gasteiger partial charge in [0.15, 0.2) is 11.6 Å². The Bertz CT molecular complexity index is 937. The first kappa shape index (κ1) is 18.4. The number of ether oxygens (including phenoxy) is 1. The van der Waals surface area contributed by atoms with Crippen LogP contribution in [0.2, 0.25) is 0 Å². The maximum Gasteiger partial charge on any atom is 0.226 e. The monoisotopic (exact) mass is 382 g/mol. The van der Waals surface area contributed by atoms with Crippen molar-refractivity contribution < 1.29 is 13.5 Å². The van der Waals surface area contributed by atoms with Crippen molar-refractivity contribution in [2.75, 3.05) is 38.2 Å². The van der Waals surface area contributed by atoms with Gasteiger partial charge in [-0.15, -0.1) is 0 Å². The molecule has 0 atom stereocenters. The van der Waals surface area contributed by atoms with Crippen LogP contribution < -0.4 is 9.64 Å². The van der Waals surface area contributed by atoms with Gasteiger partial charge in [-0.1, -0.05) is 6.07 Å². The zero-order chi connectivity index (χ0) is 19.5. The molecule has 0 aliphatic carbocycles. The van der Waals surface area contributed by atoms with Gasteiger partial charge in [-0.05, 0) is 37.3 Å². The van der Waals surface area contributed by atoms with Crippen molar-refractivity contribution in [3.63, 3.8) is 0 Å². The number of nitrogens with zero attached hydrogens (tertiary/aromatic N) is 4. The van der Waals surface area contributed by atoms with Crippen molar-refractivity contribution in [1.82, 2.24) is 14.9 Å². The summed E-state index contributed by atoms with van der Waals surface area (Å²) in [4.78, 5) is 13.7. The Morgan fingerprint density at radius 3 is 2.68 bits per heavy atom. The lowest BCUT2D eigenvalue weighted by Gasteiger charge is -2.35. The van der Waals surface area contributed by atoms with Gasteiger partial charge >= 0.3 is 0 Å². The third kappa shape index (κ3) is 3.84. The number of rotatable bonds is 5. The summed E-state index contributed by atoms with van der Waals surface area (Å²) in [6, 6.07) is 10.6. The molecule has 0 bridgehead atoms. The quantitative estimate of drug-likeness (QED) is 0.673. The maximum atomic E-state index is 13.6. The van der Waals surface area contributed by atoms with Crippen LogP contribution in [-0.4, -0.2) is 48.2 Å². The van der Waals surface area contributed by atoms with Crippen LogP contribution in [0.15, 0.2) is 47.0 Å². The first-order valence-corrected chi connectivity index (χ1v) is 9.32. The van der Waals surface area contributed by atoms with E-state index in [1.165, 1.54) is 13.2 Å². The van der Waals surface area contributed by atoms with E-state index in [0.717, 1.165) is 50.0 Å². The lowest BCUT2D eigenvalue weighted by Crippen LogP contribution is -2.46. The number of hydrogen-bond donors (Lipinski definition) is 0. The first-order valence-electron chi connectivity index (χ1n) is 9.32. The minimum atomic E-state index is -0.402.